The zero-order chi connectivity index (χ0) is 16.8. The van der Waals surface area contributed by atoms with E-state index in [4.69, 9.17) is 14.2 Å². The summed E-state index contributed by atoms with van der Waals surface area (Å²) in [4.78, 5) is 14.2. The van der Waals surface area contributed by atoms with Gasteiger partial charge in [0, 0.05) is 13.1 Å². The first-order valence-electron chi connectivity index (χ1n) is 8.21. The molecule has 2 atom stereocenters. The molecule has 0 saturated carbocycles. The van der Waals surface area contributed by atoms with Crippen LogP contribution in [0.4, 0.5) is 4.79 Å². The molecule has 132 valence electrons. The Morgan fingerprint density at radius 1 is 1.33 bits per heavy atom. The van der Waals surface area contributed by atoms with E-state index in [1.54, 1.807) is 0 Å². The van der Waals surface area contributed by atoms with Crippen LogP contribution >= 0.6 is 0 Å². The summed E-state index contributed by atoms with van der Waals surface area (Å²) in [6.07, 6.45) is -0.498. The van der Waals surface area contributed by atoms with Crippen molar-refractivity contribution in [1.82, 2.24) is 10.2 Å². The second-order valence-electron chi connectivity index (χ2n) is 6.24. The highest BCUT2D eigenvalue weighted by Gasteiger charge is 2.45. The SMILES string of the molecule is O=C(NCC1(CO)COCC2COCCN21)OCc1ccccc1. The van der Waals surface area contributed by atoms with Gasteiger partial charge in [-0.3, -0.25) is 4.90 Å². The van der Waals surface area contributed by atoms with Gasteiger partial charge >= 0.3 is 6.09 Å². The van der Waals surface area contributed by atoms with E-state index in [0.717, 1.165) is 12.1 Å². The molecular weight excluding hydrogens is 312 g/mol. The lowest BCUT2D eigenvalue weighted by Crippen LogP contribution is -2.70. The van der Waals surface area contributed by atoms with Gasteiger partial charge in [-0.15, -0.1) is 0 Å². The second-order valence-corrected chi connectivity index (χ2v) is 6.24. The maximum absolute atomic E-state index is 12.0. The van der Waals surface area contributed by atoms with Crippen molar-refractivity contribution < 1.29 is 24.1 Å². The summed E-state index contributed by atoms with van der Waals surface area (Å²) in [5.74, 6) is 0. The van der Waals surface area contributed by atoms with E-state index >= 15 is 0 Å². The molecule has 7 nitrogen and oxygen atoms in total. The molecule has 0 spiro atoms. The zero-order valence-corrected chi connectivity index (χ0v) is 13.6. The molecule has 0 bridgehead atoms. The highest BCUT2D eigenvalue weighted by Crippen LogP contribution is 2.26. The lowest BCUT2D eigenvalue weighted by atomic mass is 9.94. The summed E-state index contributed by atoms with van der Waals surface area (Å²) in [5, 5.41) is 12.7. The van der Waals surface area contributed by atoms with E-state index in [1.807, 2.05) is 30.3 Å². The van der Waals surface area contributed by atoms with Crippen LogP contribution in [0.2, 0.25) is 0 Å². The molecular formula is C17H24N2O5. The summed E-state index contributed by atoms with van der Waals surface area (Å²) >= 11 is 0. The van der Waals surface area contributed by atoms with Gasteiger partial charge in [0.1, 0.15) is 6.61 Å². The van der Waals surface area contributed by atoms with Crippen LogP contribution in [0.1, 0.15) is 5.56 Å². The average Bonchev–Trinajstić information content (AvgIpc) is 2.65. The van der Waals surface area contributed by atoms with Crippen LogP contribution in [-0.4, -0.2) is 73.8 Å². The molecule has 2 saturated heterocycles. The molecule has 2 unspecified atom stereocenters. The van der Waals surface area contributed by atoms with Crippen molar-refractivity contribution in [2.24, 2.45) is 0 Å². The summed E-state index contributed by atoms with van der Waals surface area (Å²) in [6, 6.07) is 9.62. The second kappa shape index (κ2) is 7.94. The van der Waals surface area contributed by atoms with Gasteiger partial charge in [-0.25, -0.2) is 4.79 Å². The van der Waals surface area contributed by atoms with Gasteiger partial charge in [-0.1, -0.05) is 30.3 Å². The van der Waals surface area contributed by atoms with Crippen LogP contribution in [0.5, 0.6) is 0 Å². The normalized spacial score (nSPS) is 27.3. The highest BCUT2D eigenvalue weighted by atomic mass is 16.5. The van der Waals surface area contributed by atoms with Crippen LogP contribution in [0.25, 0.3) is 0 Å². The molecule has 1 aromatic carbocycles. The van der Waals surface area contributed by atoms with Gasteiger partial charge in [0.05, 0.1) is 44.6 Å². The van der Waals surface area contributed by atoms with Gasteiger partial charge in [0.25, 0.3) is 0 Å². The summed E-state index contributed by atoms with van der Waals surface area (Å²) in [6.45, 7) is 3.27. The van der Waals surface area contributed by atoms with Crippen LogP contribution in [-0.2, 0) is 20.8 Å². The van der Waals surface area contributed by atoms with E-state index in [9.17, 15) is 9.90 Å². The first-order chi connectivity index (χ1) is 11.7. The number of aliphatic hydroxyl groups excluding tert-OH is 1. The van der Waals surface area contributed by atoms with E-state index in [-0.39, 0.29) is 25.8 Å². The van der Waals surface area contributed by atoms with Crippen molar-refractivity contribution >= 4 is 6.09 Å². The first kappa shape index (κ1) is 17.2. The molecule has 0 aliphatic carbocycles. The fourth-order valence-electron chi connectivity index (χ4n) is 3.24. The minimum Gasteiger partial charge on any atom is -0.445 e. The lowest BCUT2D eigenvalue weighted by Gasteiger charge is -2.51. The standard InChI is InChI=1S/C17H24N2O5/c20-12-17(13-23-10-15-9-22-7-6-19(15)17)11-18-16(21)24-8-14-4-2-1-3-5-14/h1-5,15,20H,6-13H2,(H,18,21). The minimum absolute atomic E-state index is 0.0948. The van der Waals surface area contributed by atoms with Gasteiger partial charge in [0.2, 0.25) is 0 Å². The lowest BCUT2D eigenvalue weighted by molar-refractivity contribution is -0.164. The number of hydrogen-bond acceptors (Lipinski definition) is 6. The maximum Gasteiger partial charge on any atom is 0.407 e. The molecule has 3 rings (SSSR count). The number of morpholine rings is 2. The quantitative estimate of drug-likeness (QED) is 0.809. The number of aliphatic hydroxyl groups is 1. The number of nitrogens with one attached hydrogen (secondary N) is 1. The Balaban J connectivity index is 1.53. The van der Waals surface area contributed by atoms with Crippen molar-refractivity contribution in [2.75, 3.05) is 46.1 Å². The van der Waals surface area contributed by atoms with Crippen LogP contribution in [0.3, 0.4) is 0 Å². The third-order valence-electron chi connectivity index (χ3n) is 4.59. The largest absolute Gasteiger partial charge is 0.445 e. The summed E-state index contributed by atoms with van der Waals surface area (Å²) in [7, 11) is 0. The number of nitrogens with zero attached hydrogens (tertiary/aromatic N) is 1. The molecule has 2 heterocycles. The van der Waals surface area contributed by atoms with Crippen molar-refractivity contribution in [1.29, 1.82) is 0 Å². The number of alkyl carbamates (subject to hydrolysis) is 1. The van der Waals surface area contributed by atoms with E-state index in [0.29, 0.717) is 26.4 Å². The molecule has 2 aliphatic heterocycles. The number of amides is 1. The Labute approximate surface area is 141 Å². The molecule has 0 aromatic heterocycles. The predicted molar refractivity (Wildman–Crippen MR) is 86.6 cm³/mol. The first-order valence-corrected chi connectivity index (χ1v) is 8.21. The molecule has 2 aliphatic rings. The van der Waals surface area contributed by atoms with E-state index < -0.39 is 11.6 Å². The molecule has 1 aromatic rings. The van der Waals surface area contributed by atoms with Crippen molar-refractivity contribution in [3.05, 3.63) is 35.9 Å². The Kier molecular flexibility index (Phi) is 5.68. The number of hydrogen-bond donors (Lipinski definition) is 2. The molecule has 2 N–H and O–H groups in total. The Morgan fingerprint density at radius 2 is 2.12 bits per heavy atom. The van der Waals surface area contributed by atoms with Gasteiger partial charge in [-0.05, 0) is 5.56 Å². The Bertz CT molecular complexity index is 539. The van der Waals surface area contributed by atoms with Crippen molar-refractivity contribution in [2.45, 2.75) is 18.2 Å². The van der Waals surface area contributed by atoms with Gasteiger partial charge in [0.15, 0.2) is 0 Å². The molecule has 7 heteroatoms. The Morgan fingerprint density at radius 3 is 2.92 bits per heavy atom. The molecule has 24 heavy (non-hydrogen) atoms. The number of ether oxygens (including phenoxy) is 3. The number of fused-ring (bicyclic) bond motifs is 1. The highest BCUT2D eigenvalue weighted by molar-refractivity contribution is 5.67. The minimum atomic E-state index is -0.627. The van der Waals surface area contributed by atoms with E-state index in [1.165, 1.54) is 0 Å². The smallest absolute Gasteiger partial charge is 0.407 e. The maximum atomic E-state index is 12.0. The zero-order valence-electron chi connectivity index (χ0n) is 13.6. The average molecular weight is 336 g/mol. The van der Waals surface area contributed by atoms with Crippen LogP contribution in [0.15, 0.2) is 30.3 Å². The Hall–Kier alpha value is -1.67. The summed E-state index contributed by atoms with van der Waals surface area (Å²) < 4.78 is 16.3. The topological polar surface area (TPSA) is 80.3 Å². The third-order valence-corrected chi connectivity index (χ3v) is 4.59. The van der Waals surface area contributed by atoms with Gasteiger partial charge in [-0.2, -0.15) is 0 Å². The fourth-order valence-corrected chi connectivity index (χ4v) is 3.24. The molecule has 2 fully saturated rings. The predicted octanol–water partition coefficient (Wildman–Crippen LogP) is 0.375. The monoisotopic (exact) mass is 336 g/mol. The number of carbonyl (C=O) groups excluding carboxylic acids is 1. The number of benzene rings is 1. The molecule has 0 radical (unpaired) electrons. The van der Waals surface area contributed by atoms with Crippen molar-refractivity contribution in [3.63, 3.8) is 0 Å². The number of rotatable bonds is 5. The number of carbonyl (C=O) groups is 1. The fraction of sp³-hybridized carbons (Fsp3) is 0.588. The van der Waals surface area contributed by atoms with E-state index in [2.05, 4.69) is 10.2 Å². The molecule has 1 amide bonds. The van der Waals surface area contributed by atoms with Crippen LogP contribution < -0.4 is 5.32 Å². The van der Waals surface area contributed by atoms with Gasteiger partial charge < -0.3 is 24.6 Å². The van der Waals surface area contributed by atoms with Crippen LogP contribution in [0, 0.1) is 0 Å². The third kappa shape index (κ3) is 3.87. The van der Waals surface area contributed by atoms with Crippen molar-refractivity contribution in [3.8, 4) is 0 Å². The summed E-state index contributed by atoms with van der Waals surface area (Å²) in [5.41, 5.74) is 0.303.